The molecule has 2 aliphatic heterocycles. The third kappa shape index (κ3) is 2.80. The number of carbonyl (C=O) groups excluding carboxylic acids is 1. The lowest BCUT2D eigenvalue weighted by Crippen LogP contribution is -2.33. The van der Waals surface area contributed by atoms with Crippen LogP contribution in [0.3, 0.4) is 0 Å². The van der Waals surface area contributed by atoms with Gasteiger partial charge in [-0.25, -0.2) is 8.42 Å². The molecule has 1 aliphatic carbocycles. The molecule has 1 aromatic rings. The summed E-state index contributed by atoms with van der Waals surface area (Å²) in [7, 11) is -3.58. The first-order valence-electron chi connectivity index (χ1n) is 9.03. The largest absolute Gasteiger partial charge is 0.455 e. The molecule has 3 fully saturated rings. The Morgan fingerprint density at radius 3 is 2.64 bits per heavy atom. The number of carbonyl (C=O) groups is 1. The molecule has 1 saturated carbocycles. The first-order valence-corrected chi connectivity index (χ1v) is 10.5. The number of rotatable bonds is 3. The Kier molecular flexibility index (Phi) is 4.16. The van der Waals surface area contributed by atoms with Gasteiger partial charge >= 0.3 is 0 Å². The van der Waals surface area contributed by atoms with Gasteiger partial charge in [-0.05, 0) is 44.4 Å². The van der Waals surface area contributed by atoms with E-state index in [4.69, 9.17) is 10.2 Å². The summed E-state index contributed by atoms with van der Waals surface area (Å²) in [4.78, 5) is 14.7. The molecular weight excluding hydrogens is 342 g/mol. The van der Waals surface area contributed by atoms with Crippen molar-refractivity contribution in [2.75, 3.05) is 26.2 Å². The highest BCUT2D eigenvalue weighted by Crippen LogP contribution is 2.38. The number of likely N-dealkylation sites (tertiary alicyclic amines) is 1. The van der Waals surface area contributed by atoms with Gasteiger partial charge in [0.1, 0.15) is 10.7 Å². The fourth-order valence-corrected chi connectivity index (χ4v) is 6.20. The number of amides is 1. The SMILES string of the molecule is Cc1oc(C(=O)N2CC3CCC(N)C3C2)cc1S(=O)(=O)N1CCCC1. The van der Waals surface area contributed by atoms with Gasteiger partial charge in [-0.3, -0.25) is 4.79 Å². The van der Waals surface area contributed by atoms with Crippen LogP contribution < -0.4 is 5.73 Å². The van der Waals surface area contributed by atoms with Gasteiger partial charge in [0, 0.05) is 38.3 Å². The summed E-state index contributed by atoms with van der Waals surface area (Å²) in [5.74, 6) is 0.985. The van der Waals surface area contributed by atoms with E-state index in [0.717, 1.165) is 25.7 Å². The van der Waals surface area contributed by atoms with Gasteiger partial charge in [0.05, 0.1) is 0 Å². The third-order valence-corrected chi connectivity index (χ3v) is 7.97. The minimum atomic E-state index is -3.58. The lowest BCUT2D eigenvalue weighted by molar-refractivity contribution is 0.0746. The number of aryl methyl sites for hydroxylation is 1. The Labute approximate surface area is 148 Å². The van der Waals surface area contributed by atoms with Crippen molar-refractivity contribution >= 4 is 15.9 Å². The van der Waals surface area contributed by atoms with Gasteiger partial charge in [0.15, 0.2) is 5.76 Å². The number of hydrogen-bond acceptors (Lipinski definition) is 5. The van der Waals surface area contributed by atoms with E-state index in [2.05, 4.69) is 0 Å². The van der Waals surface area contributed by atoms with Gasteiger partial charge in [0.2, 0.25) is 10.0 Å². The van der Waals surface area contributed by atoms with Crippen molar-refractivity contribution in [3.05, 3.63) is 17.6 Å². The molecule has 7 nitrogen and oxygen atoms in total. The van der Waals surface area contributed by atoms with E-state index in [0.29, 0.717) is 38.0 Å². The number of nitrogens with zero attached hydrogens (tertiary/aromatic N) is 2. The van der Waals surface area contributed by atoms with Crippen molar-refractivity contribution in [2.45, 2.75) is 43.5 Å². The molecule has 2 N–H and O–H groups in total. The van der Waals surface area contributed by atoms with E-state index in [1.54, 1.807) is 11.8 Å². The average Bonchev–Trinajstić information content (AvgIpc) is 3.31. The van der Waals surface area contributed by atoms with Crippen LogP contribution in [0.1, 0.15) is 42.0 Å². The summed E-state index contributed by atoms with van der Waals surface area (Å²) < 4.78 is 32.5. The second-order valence-electron chi connectivity index (χ2n) is 7.52. The standard InChI is InChI=1S/C17H25N3O4S/c1-11-16(25(22,23)20-6-2-3-7-20)8-15(24-11)17(21)19-9-12-4-5-14(18)13(12)10-19/h8,12-14H,2-7,9-10,18H2,1H3. The second kappa shape index (κ2) is 6.10. The molecule has 3 atom stereocenters. The first kappa shape index (κ1) is 17.1. The Hall–Kier alpha value is -1.38. The van der Waals surface area contributed by atoms with Crippen molar-refractivity contribution < 1.29 is 17.6 Å². The summed E-state index contributed by atoms with van der Waals surface area (Å²) in [5, 5.41) is 0. The molecular formula is C17H25N3O4S. The average molecular weight is 367 g/mol. The Bertz CT molecular complexity index is 782. The molecule has 0 spiro atoms. The van der Waals surface area contributed by atoms with E-state index in [9.17, 15) is 13.2 Å². The molecule has 3 heterocycles. The van der Waals surface area contributed by atoms with E-state index in [1.807, 2.05) is 0 Å². The number of sulfonamides is 1. The zero-order chi connectivity index (χ0) is 17.8. The minimum Gasteiger partial charge on any atom is -0.455 e. The Morgan fingerprint density at radius 1 is 1.24 bits per heavy atom. The van der Waals surface area contributed by atoms with Crippen molar-refractivity contribution in [3.8, 4) is 0 Å². The molecule has 0 bridgehead atoms. The maximum atomic E-state index is 12.8. The predicted octanol–water partition coefficient (Wildman–Crippen LogP) is 1.18. The van der Waals surface area contributed by atoms with Gasteiger partial charge in [0.25, 0.3) is 5.91 Å². The molecule has 3 aliphatic rings. The fraction of sp³-hybridized carbons (Fsp3) is 0.706. The molecule has 2 saturated heterocycles. The lowest BCUT2D eigenvalue weighted by Gasteiger charge is -2.17. The topological polar surface area (TPSA) is 96.8 Å². The molecule has 25 heavy (non-hydrogen) atoms. The van der Waals surface area contributed by atoms with Crippen LogP contribution >= 0.6 is 0 Å². The number of furan rings is 1. The van der Waals surface area contributed by atoms with Crippen molar-refractivity contribution in [3.63, 3.8) is 0 Å². The minimum absolute atomic E-state index is 0.115. The lowest BCUT2D eigenvalue weighted by atomic mass is 9.98. The summed E-state index contributed by atoms with van der Waals surface area (Å²) >= 11 is 0. The molecule has 4 rings (SSSR count). The van der Waals surface area contributed by atoms with E-state index in [-0.39, 0.29) is 28.4 Å². The maximum Gasteiger partial charge on any atom is 0.289 e. The van der Waals surface area contributed by atoms with Crippen LogP contribution in [0.5, 0.6) is 0 Å². The van der Waals surface area contributed by atoms with Gasteiger partial charge in [-0.1, -0.05) is 0 Å². The first-order chi connectivity index (χ1) is 11.9. The molecule has 1 aromatic heterocycles. The number of hydrogen-bond donors (Lipinski definition) is 1. The van der Waals surface area contributed by atoms with Crippen LogP contribution in [-0.2, 0) is 10.0 Å². The summed E-state index contributed by atoms with van der Waals surface area (Å²) in [5.41, 5.74) is 6.13. The smallest absolute Gasteiger partial charge is 0.289 e. The van der Waals surface area contributed by atoms with Crippen molar-refractivity contribution in [1.29, 1.82) is 0 Å². The number of fused-ring (bicyclic) bond motifs is 1. The third-order valence-electron chi connectivity index (χ3n) is 5.97. The van der Waals surface area contributed by atoms with Crippen LogP contribution in [0.25, 0.3) is 0 Å². The Balaban J connectivity index is 1.55. The summed E-state index contributed by atoms with van der Waals surface area (Å²) in [6.07, 6.45) is 3.83. The molecule has 8 heteroatoms. The zero-order valence-corrected chi connectivity index (χ0v) is 15.3. The molecule has 138 valence electrons. The van der Waals surface area contributed by atoms with Crippen molar-refractivity contribution in [2.24, 2.45) is 17.6 Å². The van der Waals surface area contributed by atoms with Gasteiger partial charge < -0.3 is 15.1 Å². The van der Waals surface area contributed by atoms with Gasteiger partial charge in [-0.15, -0.1) is 0 Å². The normalized spacial score (nSPS) is 30.2. The van der Waals surface area contributed by atoms with E-state index in [1.165, 1.54) is 10.4 Å². The highest BCUT2D eigenvalue weighted by atomic mass is 32.2. The molecule has 0 aromatic carbocycles. The summed E-state index contributed by atoms with van der Waals surface area (Å²) in [6.45, 7) is 3.99. The second-order valence-corrected chi connectivity index (χ2v) is 9.42. The van der Waals surface area contributed by atoms with Crippen molar-refractivity contribution in [1.82, 2.24) is 9.21 Å². The van der Waals surface area contributed by atoms with Crippen LogP contribution in [0.2, 0.25) is 0 Å². The molecule has 1 amide bonds. The zero-order valence-electron chi connectivity index (χ0n) is 14.5. The van der Waals surface area contributed by atoms with Crippen LogP contribution in [0, 0.1) is 18.8 Å². The molecule has 0 radical (unpaired) electrons. The van der Waals surface area contributed by atoms with E-state index >= 15 is 0 Å². The quantitative estimate of drug-likeness (QED) is 0.865. The number of nitrogens with two attached hydrogens (primary N) is 1. The highest BCUT2D eigenvalue weighted by molar-refractivity contribution is 7.89. The van der Waals surface area contributed by atoms with Crippen LogP contribution in [0.15, 0.2) is 15.4 Å². The predicted molar refractivity (Wildman–Crippen MR) is 91.5 cm³/mol. The monoisotopic (exact) mass is 367 g/mol. The van der Waals surface area contributed by atoms with Crippen LogP contribution in [-0.4, -0.2) is 55.8 Å². The maximum absolute atomic E-state index is 12.8. The van der Waals surface area contributed by atoms with E-state index < -0.39 is 10.0 Å². The highest BCUT2D eigenvalue weighted by Gasteiger charge is 2.43. The molecule has 3 unspecified atom stereocenters. The van der Waals surface area contributed by atoms with Gasteiger partial charge in [-0.2, -0.15) is 4.31 Å². The fourth-order valence-electron chi connectivity index (χ4n) is 4.52. The van der Waals surface area contributed by atoms with Crippen LogP contribution in [0.4, 0.5) is 0 Å². The summed E-state index contributed by atoms with van der Waals surface area (Å²) in [6, 6.07) is 1.56. The Morgan fingerprint density at radius 2 is 1.96 bits per heavy atom.